The molecule has 1 saturated heterocycles. The number of hydrogen-bond acceptors (Lipinski definition) is 7. The van der Waals surface area contributed by atoms with Crippen LogP contribution in [0.2, 0.25) is 0 Å². The molecule has 1 heterocycles. The lowest BCUT2D eigenvalue weighted by molar-refractivity contribution is -0.127. The molecule has 214 valence electrons. The van der Waals surface area contributed by atoms with Crippen molar-refractivity contribution in [3.05, 3.63) is 95.1 Å². The van der Waals surface area contributed by atoms with Gasteiger partial charge in [-0.2, -0.15) is 5.26 Å². The number of benzene rings is 3. The van der Waals surface area contributed by atoms with Gasteiger partial charge in [0.05, 0.1) is 25.9 Å². The predicted molar refractivity (Wildman–Crippen MR) is 156 cm³/mol. The number of methoxy groups -OCH3 is 2. The summed E-state index contributed by atoms with van der Waals surface area (Å²) in [6, 6.07) is 24.0. The molecular formula is C32H37N5O4. The van der Waals surface area contributed by atoms with E-state index in [0.29, 0.717) is 62.4 Å². The van der Waals surface area contributed by atoms with Crippen LogP contribution in [0, 0.1) is 11.3 Å². The molecule has 0 spiro atoms. The Morgan fingerprint density at radius 1 is 1.00 bits per heavy atom. The van der Waals surface area contributed by atoms with Gasteiger partial charge in [0, 0.05) is 44.3 Å². The second-order valence-corrected chi connectivity index (χ2v) is 10.1. The standard InChI is InChI=1S/C32H37N5O4/c1-40-28-7-3-5-25(17-28)22-36(21-24-11-9-23(20-34)10-12-24)27-13-16-37(30(19-27)31(38)35-15-14-33)32(39)26-6-4-8-29(18-26)41-2/h3-12,17-18,27,30H,13-16,19,21-22,33H2,1-2H3,(H,35,38)/t27?,30-/m1/s1. The molecule has 1 fully saturated rings. The van der Waals surface area contributed by atoms with Crippen LogP contribution in [0.5, 0.6) is 11.5 Å². The number of piperidine rings is 1. The molecule has 0 saturated carbocycles. The molecule has 1 unspecified atom stereocenters. The first-order valence-electron chi connectivity index (χ1n) is 13.7. The normalized spacial score (nSPS) is 16.6. The van der Waals surface area contributed by atoms with Crippen molar-refractivity contribution in [2.24, 2.45) is 5.73 Å². The van der Waals surface area contributed by atoms with Gasteiger partial charge in [-0.15, -0.1) is 0 Å². The van der Waals surface area contributed by atoms with Crippen LogP contribution in [0.15, 0.2) is 72.8 Å². The van der Waals surface area contributed by atoms with Gasteiger partial charge < -0.3 is 25.4 Å². The maximum atomic E-state index is 13.7. The minimum atomic E-state index is -0.659. The molecule has 2 atom stereocenters. The Bertz CT molecular complexity index is 1370. The number of rotatable bonds is 11. The van der Waals surface area contributed by atoms with Crippen LogP contribution < -0.4 is 20.5 Å². The number of nitrogens with zero attached hydrogens (tertiary/aromatic N) is 3. The molecule has 1 aliphatic heterocycles. The highest BCUT2D eigenvalue weighted by molar-refractivity contribution is 5.98. The summed E-state index contributed by atoms with van der Waals surface area (Å²) >= 11 is 0. The van der Waals surface area contributed by atoms with Gasteiger partial charge in [0.2, 0.25) is 5.91 Å². The number of nitrogens with one attached hydrogen (secondary N) is 1. The SMILES string of the molecule is COc1cccc(CN(Cc2ccc(C#N)cc2)C2CCN(C(=O)c3cccc(OC)c3)[C@@H](C(=O)NCCN)C2)c1. The largest absolute Gasteiger partial charge is 0.497 e. The van der Waals surface area contributed by atoms with Gasteiger partial charge in [0.25, 0.3) is 5.91 Å². The Hall–Kier alpha value is -4.39. The van der Waals surface area contributed by atoms with E-state index in [1.165, 1.54) is 0 Å². The fourth-order valence-corrected chi connectivity index (χ4v) is 5.24. The topological polar surface area (TPSA) is 121 Å². The molecule has 4 rings (SSSR count). The lowest BCUT2D eigenvalue weighted by Crippen LogP contribution is -2.57. The van der Waals surface area contributed by atoms with Gasteiger partial charge in [-0.25, -0.2) is 0 Å². The quantitative estimate of drug-likeness (QED) is 0.372. The van der Waals surface area contributed by atoms with Crippen LogP contribution in [0.1, 0.15) is 39.9 Å². The summed E-state index contributed by atoms with van der Waals surface area (Å²) in [5.41, 5.74) is 8.89. The average Bonchev–Trinajstić information content (AvgIpc) is 3.03. The van der Waals surface area contributed by atoms with E-state index in [1.54, 1.807) is 43.4 Å². The molecule has 1 aliphatic rings. The van der Waals surface area contributed by atoms with Gasteiger partial charge in [-0.1, -0.05) is 30.3 Å². The second-order valence-electron chi connectivity index (χ2n) is 10.1. The Balaban J connectivity index is 1.62. The van der Waals surface area contributed by atoms with Crippen LogP contribution in [0.4, 0.5) is 0 Å². The third-order valence-corrected chi connectivity index (χ3v) is 7.40. The van der Waals surface area contributed by atoms with E-state index in [1.807, 2.05) is 42.5 Å². The minimum absolute atomic E-state index is 0.0137. The second kappa shape index (κ2) is 14.3. The molecule has 0 bridgehead atoms. The molecule has 3 N–H and O–H groups in total. The summed E-state index contributed by atoms with van der Waals surface area (Å²) in [7, 11) is 3.20. The smallest absolute Gasteiger partial charge is 0.254 e. The van der Waals surface area contributed by atoms with Gasteiger partial charge in [0.15, 0.2) is 0 Å². The number of carbonyl (C=O) groups is 2. The van der Waals surface area contributed by atoms with Crippen molar-refractivity contribution in [1.29, 1.82) is 5.26 Å². The van der Waals surface area contributed by atoms with Crippen molar-refractivity contribution in [2.75, 3.05) is 33.9 Å². The summed E-state index contributed by atoms with van der Waals surface area (Å²) < 4.78 is 10.8. The number of ether oxygens (including phenoxy) is 2. The first-order chi connectivity index (χ1) is 19.9. The summed E-state index contributed by atoms with van der Waals surface area (Å²) in [5, 5.41) is 12.1. The van der Waals surface area contributed by atoms with Gasteiger partial charge in [-0.05, 0) is 66.4 Å². The lowest BCUT2D eigenvalue weighted by atomic mass is 9.93. The molecule has 9 nitrogen and oxygen atoms in total. The van der Waals surface area contributed by atoms with E-state index in [2.05, 4.69) is 22.4 Å². The van der Waals surface area contributed by atoms with Crippen molar-refractivity contribution < 1.29 is 19.1 Å². The number of nitrogens with two attached hydrogens (primary N) is 1. The van der Waals surface area contributed by atoms with Crippen molar-refractivity contribution >= 4 is 11.8 Å². The monoisotopic (exact) mass is 555 g/mol. The zero-order chi connectivity index (χ0) is 29.2. The highest BCUT2D eigenvalue weighted by atomic mass is 16.5. The van der Waals surface area contributed by atoms with Crippen LogP contribution in [0.3, 0.4) is 0 Å². The Labute approximate surface area is 241 Å². The molecular weight excluding hydrogens is 518 g/mol. The summed E-state index contributed by atoms with van der Waals surface area (Å²) in [6.45, 7) is 2.31. The lowest BCUT2D eigenvalue weighted by Gasteiger charge is -2.43. The van der Waals surface area contributed by atoms with Crippen LogP contribution in [-0.4, -0.2) is 67.6 Å². The van der Waals surface area contributed by atoms with Crippen molar-refractivity contribution in [2.45, 2.75) is 38.0 Å². The van der Waals surface area contributed by atoms with E-state index in [-0.39, 0.29) is 17.9 Å². The van der Waals surface area contributed by atoms with E-state index in [0.717, 1.165) is 16.9 Å². The van der Waals surface area contributed by atoms with E-state index in [9.17, 15) is 14.9 Å². The molecule has 0 aromatic heterocycles. The van der Waals surface area contributed by atoms with E-state index in [4.69, 9.17) is 15.2 Å². The fraction of sp³-hybridized carbons (Fsp3) is 0.344. The van der Waals surface area contributed by atoms with Crippen molar-refractivity contribution in [1.82, 2.24) is 15.1 Å². The summed E-state index contributed by atoms with van der Waals surface area (Å²) in [5.74, 6) is 0.943. The van der Waals surface area contributed by atoms with Gasteiger partial charge >= 0.3 is 0 Å². The maximum Gasteiger partial charge on any atom is 0.254 e. The highest BCUT2D eigenvalue weighted by Crippen LogP contribution is 2.28. The molecule has 0 radical (unpaired) electrons. The molecule has 3 aromatic rings. The van der Waals surface area contributed by atoms with E-state index >= 15 is 0 Å². The predicted octanol–water partition coefficient (Wildman–Crippen LogP) is 3.33. The first-order valence-corrected chi connectivity index (χ1v) is 13.7. The molecule has 41 heavy (non-hydrogen) atoms. The van der Waals surface area contributed by atoms with Crippen molar-refractivity contribution in [3.63, 3.8) is 0 Å². The third kappa shape index (κ3) is 7.63. The zero-order valence-electron chi connectivity index (χ0n) is 23.6. The molecule has 3 aromatic carbocycles. The Morgan fingerprint density at radius 2 is 1.68 bits per heavy atom. The van der Waals surface area contributed by atoms with Gasteiger partial charge in [-0.3, -0.25) is 14.5 Å². The molecule has 0 aliphatic carbocycles. The average molecular weight is 556 g/mol. The maximum absolute atomic E-state index is 13.7. The Morgan fingerprint density at radius 3 is 2.37 bits per heavy atom. The Kier molecular flexibility index (Phi) is 10.3. The molecule has 9 heteroatoms. The van der Waals surface area contributed by atoms with Crippen molar-refractivity contribution in [3.8, 4) is 17.6 Å². The number of nitriles is 1. The third-order valence-electron chi connectivity index (χ3n) is 7.40. The van der Waals surface area contributed by atoms with Crippen LogP contribution in [-0.2, 0) is 17.9 Å². The van der Waals surface area contributed by atoms with Gasteiger partial charge in [0.1, 0.15) is 17.5 Å². The number of likely N-dealkylation sites (tertiary alicyclic amines) is 1. The number of hydrogen-bond donors (Lipinski definition) is 2. The van der Waals surface area contributed by atoms with Crippen LogP contribution >= 0.6 is 0 Å². The number of amides is 2. The number of carbonyl (C=O) groups excluding carboxylic acids is 2. The zero-order valence-corrected chi connectivity index (χ0v) is 23.6. The minimum Gasteiger partial charge on any atom is -0.497 e. The van der Waals surface area contributed by atoms with E-state index < -0.39 is 6.04 Å². The summed E-state index contributed by atoms with van der Waals surface area (Å²) in [4.78, 5) is 31.1. The summed E-state index contributed by atoms with van der Waals surface area (Å²) in [6.07, 6.45) is 1.16. The molecule has 2 amide bonds. The first kappa shape index (κ1) is 29.6. The fourth-order valence-electron chi connectivity index (χ4n) is 5.24. The highest BCUT2D eigenvalue weighted by Gasteiger charge is 2.38. The van der Waals surface area contributed by atoms with Crippen LogP contribution in [0.25, 0.3) is 0 Å².